The Labute approximate surface area is 160 Å². The molecular weight excluding hydrogens is 342 g/mol. The van der Waals surface area contributed by atoms with Gasteiger partial charge in [-0.2, -0.15) is 0 Å². The number of benzene rings is 2. The monoisotopic (exact) mass is 369 g/mol. The average Bonchev–Trinajstić information content (AvgIpc) is 2.70. The van der Waals surface area contributed by atoms with Crippen LogP contribution in [0.4, 0.5) is 0 Å². The zero-order chi connectivity index (χ0) is 19.6. The summed E-state index contributed by atoms with van der Waals surface area (Å²) >= 11 is 0. The molecule has 144 valence electrons. The number of hydrogen-bond acceptors (Lipinski definition) is 4. The van der Waals surface area contributed by atoms with Gasteiger partial charge in [-0.05, 0) is 36.6 Å². The number of rotatable bonds is 8. The first-order valence-electron chi connectivity index (χ1n) is 9.61. The van der Waals surface area contributed by atoms with Crippen LogP contribution in [0, 0.1) is 5.92 Å². The molecule has 0 saturated heterocycles. The second kappa shape index (κ2) is 7.99. The van der Waals surface area contributed by atoms with Gasteiger partial charge in [0.05, 0.1) is 19.6 Å². The molecule has 1 aliphatic rings. The van der Waals surface area contributed by atoms with Crippen molar-refractivity contribution in [1.82, 2.24) is 4.90 Å². The van der Waals surface area contributed by atoms with Crippen LogP contribution in [-0.2, 0) is 0 Å². The lowest BCUT2D eigenvalue weighted by molar-refractivity contribution is 0.0580. The number of ether oxygens (including phenoxy) is 2. The quantitative estimate of drug-likeness (QED) is 0.635. The first kappa shape index (κ1) is 19.2. The lowest BCUT2D eigenvalue weighted by Gasteiger charge is -2.30. The predicted octanol–water partition coefficient (Wildman–Crippen LogP) is 4.67. The number of nitrogens with zero attached hydrogens (tertiary/aromatic N) is 1. The maximum absolute atomic E-state index is 13.2. The molecule has 5 nitrogen and oxygen atoms in total. The van der Waals surface area contributed by atoms with E-state index < -0.39 is 0 Å². The van der Waals surface area contributed by atoms with Crippen LogP contribution >= 0.6 is 0 Å². The van der Waals surface area contributed by atoms with Gasteiger partial charge in [0.25, 0.3) is 11.8 Å². The van der Waals surface area contributed by atoms with Crippen LogP contribution in [-0.4, -0.2) is 37.5 Å². The van der Waals surface area contributed by atoms with Gasteiger partial charge >= 0.3 is 0 Å². The third-order valence-corrected chi connectivity index (χ3v) is 5.46. The highest BCUT2D eigenvalue weighted by Gasteiger charge is 2.35. The van der Waals surface area contributed by atoms with E-state index in [9.17, 15) is 9.59 Å². The fourth-order valence-corrected chi connectivity index (χ4v) is 3.85. The second-order valence-electron chi connectivity index (χ2n) is 7.02. The standard InChI is InChI=1S/C22H27NO4/c1-5-7-8-14(6-2)13-23-21(24)15-9-11-17(26-3)20-18(27-4)12-10-16(19(15)20)22(23)25/h9-12,14H,5-8,13H2,1-4H3. The molecule has 1 heterocycles. The van der Waals surface area contributed by atoms with E-state index in [0.29, 0.717) is 45.9 Å². The Hall–Kier alpha value is -2.56. The fraction of sp³-hybridized carbons (Fsp3) is 0.455. The second-order valence-corrected chi connectivity index (χ2v) is 7.02. The number of hydrogen-bond donors (Lipinski definition) is 0. The summed E-state index contributed by atoms with van der Waals surface area (Å²) < 4.78 is 10.9. The van der Waals surface area contributed by atoms with Crippen molar-refractivity contribution < 1.29 is 19.1 Å². The van der Waals surface area contributed by atoms with E-state index in [1.807, 2.05) is 0 Å². The number of unbranched alkanes of at least 4 members (excludes halogenated alkanes) is 1. The van der Waals surface area contributed by atoms with Crippen molar-refractivity contribution in [3.63, 3.8) is 0 Å². The highest BCUT2D eigenvalue weighted by molar-refractivity contribution is 6.26. The molecule has 0 spiro atoms. The molecule has 1 atom stereocenters. The van der Waals surface area contributed by atoms with Crippen LogP contribution in [0.25, 0.3) is 10.8 Å². The summed E-state index contributed by atoms with van der Waals surface area (Å²) in [5, 5.41) is 1.30. The van der Waals surface area contributed by atoms with Crippen molar-refractivity contribution in [3.8, 4) is 11.5 Å². The largest absolute Gasteiger partial charge is 0.496 e. The Kier molecular flexibility index (Phi) is 5.68. The van der Waals surface area contributed by atoms with Gasteiger partial charge in [-0.25, -0.2) is 0 Å². The first-order valence-corrected chi connectivity index (χ1v) is 9.61. The first-order chi connectivity index (χ1) is 13.1. The van der Waals surface area contributed by atoms with Gasteiger partial charge in [0.15, 0.2) is 0 Å². The molecule has 1 unspecified atom stereocenters. The molecule has 27 heavy (non-hydrogen) atoms. The molecule has 0 saturated carbocycles. The van der Waals surface area contributed by atoms with Crippen LogP contribution in [0.5, 0.6) is 11.5 Å². The van der Waals surface area contributed by atoms with Crippen molar-refractivity contribution in [2.45, 2.75) is 39.5 Å². The number of amides is 2. The normalized spacial score (nSPS) is 14.6. The summed E-state index contributed by atoms with van der Waals surface area (Å²) in [5.41, 5.74) is 1.06. The highest BCUT2D eigenvalue weighted by Crippen LogP contribution is 2.41. The maximum atomic E-state index is 13.2. The molecule has 1 aliphatic heterocycles. The molecule has 2 amide bonds. The number of imide groups is 1. The third-order valence-electron chi connectivity index (χ3n) is 5.46. The van der Waals surface area contributed by atoms with E-state index >= 15 is 0 Å². The van der Waals surface area contributed by atoms with Gasteiger partial charge in [-0.15, -0.1) is 0 Å². The minimum Gasteiger partial charge on any atom is -0.496 e. The molecule has 2 aromatic rings. The zero-order valence-corrected chi connectivity index (χ0v) is 16.5. The van der Waals surface area contributed by atoms with Crippen molar-refractivity contribution in [3.05, 3.63) is 35.4 Å². The van der Waals surface area contributed by atoms with E-state index in [1.165, 1.54) is 4.90 Å². The molecule has 5 heteroatoms. The van der Waals surface area contributed by atoms with Crippen molar-refractivity contribution in [1.29, 1.82) is 0 Å². The van der Waals surface area contributed by atoms with E-state index in [2.05, 4.69) is 13.8 Å². The lowest BCUT2D eigenvalue weighted by atomic mass is 9.91. The Morgan fingerprint density at radius 1 is 0.889 bits per heavy atom. The summed E-state index contributed by atoms with van der Waals surface area (Å²) in [5.74, 6) is 1.05. The molecule has 0 N–H and O–H groups in total. The zero-order valence-electron chi connectivity index (χ0n) is 16.5. The van der Waals surface area contributed by atoms with Gasteiger partial charge in [0.2, 0.25) is 0 Å². The molecule has 0 bridgehead atoms. The van der Waals surface area contributed by atoms with E-state index in [-0.39, 0.29) is 11.8 Å². The Morgan fingerprint density at radius 3 is 1.89 bits per heavy atom. The highest BCUT2D eigenvalue weighted by atomic mass is 16.5. The summed E-state index contributed by atoms with van der Waals surface area (Å²) in [4.78, 5) is 27.7. The van der Waals surface area contributed by atoms with Crippen LogP contribution in [0.15, 0.2) is 24.3 Å². The van der Waals surface area contributed by atoms with Crippen molar-refractivity contribution in [2.75, 3.05) is 20.8 Å². The van der Waals surface area contributed by atoms with Crippen LogP contribution in [0.1, 0.15) is 60.2 Å². The minimum absolute atomic E-state index is 0.233. The van der Waals surface area contributed by atoms with Crippen molar-refractivity contribution in [2.24, 2.45) is 5.92 Å². The number of carbonyl (C=O) groups is 2. The van der Waals surface area contributed by atoms with Crippen LogP contribution in [0.2, 0.25) is 0 Å². The van der Waals surface area contributed by atoms with Gasteiger partial charge < -0.3 is 9.47 Å². The predicted molar refractivity (Wildman–Crippen MR) is 106 cm³/mol. The average molecular weight is 369 g/mol. The van der Waals surface area contributed by atoms with Gasteiger partial charge in [0, 0.05) is 23.1 Å². The summed E-state index contributed by atoms with van der Waals surface area (Å²) in [6.07, 6.45) is 4.19. The summed E-state index contributed by atoms with van der Waals surface area (Å²) in [6.45, 7) is 4.73. The van der Waals surface area contributed by atoms with E-state index in [0.717, 1.165) is 25.7 Å². The summed E-state index contributed by atoms with van der Waals surface area (Å²) in [6, 6.07) is 7.03. The SMILES string of the molecule is CCCCC(CC)CN1C(=O)c2ccc(OC)c3c(OC)ccc(c23)C1=O. The molecule has 0 aliphatic carbocycles. The lowest BCUT2D eigenvalue weighted by Crippen LogP contribution is -2.43. The topological polar surface area (TPSA) is 55.8 Å². The molecule has 0 aromatic heterocycles. The maximum Gasteiger partial charge on any atom is 0.261 e. The van der Waals surface area contributed by atoms with Gasteiger partial charge in [0.1, 0.15) is 11.5 Å². The fourth-order valence-electron chi connectivity index (χ4n) is 3.85. The Bertz CT molecular complexity index is 815. The van der Waals surface area contributed by atoms with Crippen LogP contribution in [0.3, 0.4) is 0 Å². The van der Waals surface area contributed by atoms with Gasteiger partial charge in [-0.3, -0.25) is 14.5 Å². The number of carbonyl (C=O) groups excluding carboxylic acids is 2. The minimum atomic E-state index is -0.233. The van der Waals surface area contributed by atoms with Gasteiger partial charge in [-0.1, -0.05) is 33.1 Å². The third kappa shape index (κ3) is 3.27. The Balaban J connectivity index is 2.09. The van der Waals surface area contributed by atoms with E-state index in [1.54, 1.807) is 38.5 Å². The smallest absolute Gasteiger partial charge is 0.261 e. The molecule has 0 radical (unpaired) electrons. The molecule has 2 aromatic carbocycles. The molecule has 0 fully saturated rings. The molecular formula is C22H27NO4. The van der Waals surface area contributed by atoms with Crippen molar-refractivity contribution >= 4 is 22.6 Å². The number of methoxy groups -OCH3 is 2. The Morgan fingerprint density at radius 2 is 1.44 bits per heavy atom. The summed E-state index contributed by atoms with van der Waals surface area (Å²) in [7, 11) is 3.14. The van der Waals surface area contributed by atoms with E-state index in [4.69, 9.17) is 9.47 Å². The van der Waals surface area contributed by atoms with Crippen LogP contribution < -0.4 is 9.47 Å². The molecule has 3 rings (SSSR count).